The van der Waals surface area contributed by atoms with Gasteiger partial charge in [-0.15, -0.1) is 0 Å². The lowest BCUT2D eigenvalue weighted by atomic mass is 9.95. The molecular weight excluding hydrogens is 254 g/mol. The van der Waals surface area contributed by atoms with Gasteiger partial charge in [-0.2, -0.15) is 0 Å². The summed E-state index contributed by atoms with van der Waals surface area (Å²) in [4.78, 5) is 23.2. The highest BCUT2D eigenvalue weighted by atomic mass is 16.2. The molecule has 0 saturated carbocycles. The highest BCUT2D eigenvalue weighted by molar-refractivity contribution is 5.94. The number of rotatable bonds is 3. The summed E-state index contributed by atoms with van der Waals surface area (Å²) in [5.74, 6) is -0.0843. The summed E-state index contributed by atoms with van der Waals surface area (Å²) in [6, 6.07) is 7.67. The maximum atomic E-state index is 12.2. The lowest BCUT2D eigenvalue weighted by Crippen LogP contribution is -2.41. The first-order chi connectivity index (χ1) is 9.54. The SMILES string of the molecule is CC(=O)Nc1cccc(NC(=O)C2CCC(C)NC2)c1. The van der Waals surface area contributed by atoms with E-state index >= 15 is 0 Å². The van der Waals surface area contributed by atoms with E-state index in [9.17, 15) is 9.59 Å². The lowest BCUT2D eigenvalue weighted by Gasteiger charge is -2.26. The first kappa shape index (κ1) is 14.5. The standard InChI is InChI=1S/C15H21N3O2/c1-10-6-7-12(9-16-10)15(20)18-14-5-3-4-13(8-14)17-11(2)19/h3-5,8,10,12,16H,6-7,9H2,1-2H3,(H,17,19)(H,18,20). The summed E-state index contributed by atoms with van der Waals surface area (Å²) in [6.45, 7) is 4.31. The number of piperidine rings is 1. The molecule has 2 rings (SSSR count). The molecule has 0 bridgehead atoms. The van der Waals surface area contributed by atoms with E-state index < -0.39 is 0 Å². The second kappa shape index (κ2) is 6.52. The van der Waals surface area contributed by atoms with E-state index in [1.165, 1.54) is 6.92 Å². The van der Waals surface area contributed by atoms with Crippen molar-refractivity contribution in [2.45, 2.75) is 32.7 Å². The lowest BCUT2D eigenvalue weighted by molar-refractivity contribution is -0.120. The van der Waals surface area contributed by atoms with Crippen LogP contribution in [-0.4, -0.2) is 24.4 Å². The van der Waals surface area contributed by atoms with Crippen molar-refractivity contribution in [3.05, 3.63) is 24.3 Å². The number of carbonyl (C=O) groups is 2. The monoisotopic (exact) mass is 275 g/mol. The Hall–Kier alpha value is -1.88. The largest absolute Gasteiger partial charge is 0.326 e. The zero-order chi connectivity index (χ0) is 14.5. The van der Waals surface area contributed by atoms with Gasteiger partial charge < -0.3 is 16.0 Å². The van der Waals surface area contributed by atoms with Gasteiger partial charge >= 0.3 is 0 Å². The number of amides is 2. The molecule has 1 aliphatic rings. The van der Waals surface area contributed by atoms with Crippen LogP contribution in [-0.2, 0) is 9.59 Å². The van der Waals surface area contributed by atoms with Gasteiger partial charge in [0.25, 0.3) is 0 Å². The number of carbonyl (C=O) groups excluding carboxylic acids is 2. The summed E-state index contributed by atoms with van der Waals surface area (Å²) in [6.07, 6.45) is 1.93. The molecular formula is C15H21N3O2. The molecule has 1 aromatic rings. The van der Waals surface area contributed by atoms with Gasteiger partial charge in [0.1, 0.15) is 0 Å². The van der Waals surface area contributed by atoms with Crippen LogP contribution in [0.25, 0.3) is 0 Å². The fourth-order valence-corrected chi connectivity index (χ4v) is 2.34. The Kier molecular flexibility index (Phi) is 4.74. The number of anilines is 2. The Balaban J connectivity index is 1.95. The van der Waals surface area contributed by atoms with Crippen molar-refractivity contribution in [3.63, 3.8) is 0 Å². The van der Waals surface area contributed by atoms with Gasteiger partial charge in [0.2, 0.25) is 11.8 Å². The maximum absolute atomic E-state index is 12.2. The van der Waals surface area contributed by atoms with Crippen LogP contribution in [0, 0.1) is 5.92 Å². The third-order valence-electron chi connectivity index (χ3n) is 3.48. The fraction of sp³-hybridized carbons (Fsp3) is 0.467. The Morgan fingerprint density at radius 3 is 2.50 bits per heavy atom. The zero-order valence-corrected chi connectivity index (χ0v) is 11.9. The van der Waals surface area contributed by atoms with Gasteiger partial charge in [-0.1, -0.05) is 6.07 Å². The van der Waals surface area contributed by atoms with Gasteiger partial charge in [0.15, 0.2) is 0 Å². The molecule has 0 aliphatic carbocycles. The van der Waals surface area contributed by atoms with Crippen molar-refractivity contribution in [1.29, 1.82) is 0 Å². The van der Waals surface area contributed by atoms with Crippen LogP contribution in [0.3, 0.4) is 0 Å². The molecule has 1 saturated heterocycles. The van der Waals surface area contributed by atoms with E-state index in [-0.39, 0.29) is 17.7 Å². The minimum absolute atomic E-state index is 0.00984. The molecule has 0 aromatic heterocycles. The average molecular weight is 275 g/mol. The molecule has 5 nitrogen and oxygen atoms in total. The highest BCUT2D eigenvalue weighted by Crippen LogP contribution is 2.19. The van der Waals surface area contributed by atoms with Crippen molar-refractivity contribution < 1.29 is 9.59 Å². The van der Waals surface area contributed by atoms with Gasteiger partial charge in [0, 0.05) is 30.9 Å². The number of nitrogens with one attached hydrogen (secondary N) is 3. The second-order valence-electron chi connectivity index (χ2n) is 5.33. The van der Waals surface area contributed by atoms with Gasteiger partial charge in [-0.05, 0) is 38.0 Å². The minimum atomic E-state index is -0.126. The van der Waals surface area contributed by atoms with Crippen molar-refractivity contribution in [3.8, 4) is 0 Å². The molecule has 1 aromatic carbocycles. The van der Waals surface area contributed by atoms with Gasteiger partial charge in [-0.3, -0.25) is 9.59 Å². The predicted octanol–water partition coefficient (Wildman–Crippen LogP) is 1.97. The van der Waals surface area contributed by atoms with E-state index in [1.54, 1.807) is 12.1 Å². The molecule has 3 N–H and O–H groups in total. The number of benzene rings is 1. The van der Waals surface area contributed by atoms with Crippen molar-refractivity contribution in [2.75, 3.05) is 17.2 Å². The van der Waals surface area contributed by atoms with Crippen LogP contribution in [0.5, 0.6) is 0 Å². The van der Waals surface area contributed by atoms with Crippen LogP contribution < -0.4 is 16.0 Å². The Labute approximate surface area is 119 Å². The quantitative estimate of drug-likeness (QED) is 0.790. The summed E-state index contributed by atoms with van der Waals surface area (Å²) in [5.41, 5.74) is 1.39. The molecule has 0 radical (unpaired) electrons. The van der Waals surface area contributed by atoms with E-state index in [0.717, 1.165) is 19.4 Å². The normalized spacial score (nSPS) is 22.1. The molecule has 5 heteroatoms. The maximum Gasteiger partial charge on any atom is 0.228 e. The second-order valence-corrected chi connectivity index (χ2v) is 5.33. The predicted molar refractivity (Wildman–Crippen MR) is 79.6 cm³/mol. The smallest absolute Gasteiger partial charge is 0.228 e. The summed E-state index contributed by atoms with van der Waals surface area (Å²) >= 11 is 0. The molecule has 2 amide bonds. The molecule has 20 heavy (non-hydrogen) atoms. The van der Waals surface area contributed by atoms with Crippen LogP contribution in [0.1, 0.15) is 26.7 Å². The van der Waals surface area contributed by atoms with E-state index in [4.69, 9.17) is 0 Å². The highest BCUT2D eigenvalue weighted by Gasteiger charge is 2.23. The van der Waals surface area contributed by atoms with Crippen molar-refractivity contribution in [2.24, 2.45) is 5.92 Å². The zero-order valence-electron chi connectivity index (χ0n) is 11.9. The van der Waals surface area contributed by atoms with Gasteiger partial charge in [0.05, 0.1) is 5.92 Å². The summed E-state index contributed by atoms with van der Waals surface area (Å²) in [7, 11) is 0. The summed E-state index contributed by atoms with van der Waals surface area (Å²) in [5, 5.41) is 8.93. The Bertz CT molecular complexity index is 494. The molecule has 1 aliphatic heterocycles. The Morgan fingerprint density at radius 2 is 1.90 bits per heavy atom. The van der Waals surface area contributed by atoms with Crippen LogP contribution in [0.4, 0.5) is 11.4 Å². The fourth-order valence-electron chi connectivity index (χ4n) is 2.34. The van der Waals surface area contributed by atoms with E-state index in [1.807, 2.05) is 12.1 Å². The first-order valence-electron chi connectivity index (χ1n) is 6.96. The first-order valence-corrected chi connectivity index (χ1v) is 6.96. The van der Waals surface area contributed by atoms with Crippen LogP contribution in [0.15, 0.2) is 24.3 Å². The average Bonchev–Trinajstić information content (AvgIpc) is 2.39. The molecule has 108 valence electrons. The number of hydrogen-bond donors (Lipinski definition) is 3. The minimum Gasteiger partial charge on any atom is -0.326 e. The van der Waals surface area contributed by atoms with Crippen molar-refractivity contribution in [1.82, 2.24) is 5.32 Å². The van der Waals surface area contributed by atoms with Gasteiger partial charge in [-0.25, -0.2) is 0 Å². The molecule has 2 unspecified atom stereocenters. The number of hydrogen-bond acceptors (Lipinski definition) is 3. The van der Waals surface area contributed by atoms with Crippen LogP contribution in [0.2, 0.25) is 0 Å². The topological polar surface area (TPSA) is 70.2 Å². The molecule has 2 atom stereocenters. The Morgan fingerprint density at radius 1 is 1.20 bits per heavy atom. The van der Waals surface area contributed by atoms with Crippen LogP contribution >= 0.6 is 0 Å². The third-order valence-corrected chi connectivity index (χ3v) is 3.48. The molecule has 0 spiro atoms. The third kappa shape index (κ3) is 4.06. The van der Waals surface area contributed by atoms with E-state index in [2.05, 4.69) is 22.9 Å². The molecule has 1 fully saturated rings. The van der Waals surface area contributed by atoms with E-state index in [0.29, 0.717) is 17.4 Å². The molecule has 1 heterocycles. The summed E-state index contributed by atoms with van der Waals surface area (Å²) < 4.78 is 0. The van der Waals surface area contributed by atoms with Crippen molar-refractivity contribution >= 4 is 23.2 Å².